The van der Waals surface area contributed by atoms with E-state index in [0.29, 0.717) is 46.4 Å². The summed E-state index contributed by atoms with van der Waals surface area (Å²) < 4.78 is 24.1. The Morgan fingerprint density at radius 1 is 0.972 bits per heavy atom. The van der Waals surface area contributed by atoms with Gasteiger partial charge in [0.15, 0.2) is 0 Å². The third kappa shape index (κ3) is 6.32. The van der Waals surface area contributed by atoms with E-state index in [1.165, 1.54) is 6.07 Å². The first-order chi connectivity index (χ1) is 17.4. The van der Waals surface area contributed by atoms with Crippen LogP contribution in [0.15, 0.2) is 71.3 Å². The van der Waals surface area contributed by atoms with Crippen molar-refractivity contribution < 1.29 is 23.2 Å². The van der Waals surface area contributed by atoms with Crippen molar-refractivity contribution >= 4 is 23.2 Å². The first-order valence-electron chi connectivity index (χ1n) is 11.4. The van der Waals surface area contributed by atoms with Crippen molar-refractivity contribution in [1.82, 2.24) is 10.1 Å². The predicted octanol–water partition coefficient (Wildman–Crippen LogP) is 5.41. The highest BCUT2D eigenvalue weighted by atomic mass is 19.1. The summed E-state index contributed by atoms with van der Waals surface area (Å²) in [6.07, 6.45) is 0.381. The fraction of sp³-hybridized carbons (Fsp3) is 0.185. The zero-order valence-electron chi connectivity index (χ0n) is 19.9. The molecule has 1 aromatic heterocycles. The van der Waals surface area contributed by atoms with E-state index in [1.807, 2.05) is 6.92 Å². The number of halogens is 1. The number of ether oxygens (including phenoxy) is 1. The molecule has 36 heavy (non-hydrogen) atoms. The van der Waals surface area contributed by atoms with Crippen LogP contribution in [0, 0.1) is 12.7 Å². The second-order valence-corrected chi connectivity index (χ2v) is 8.01. The first kappa shape index (κ1) is 24.6. The van der Waals surface area contributed by atoms with Crippen LogP contribution in [0.1, 0.15) is 35.2 Å². The topological polar surface area (TPSA) is 106 Å². The van der Waals surface area contributed by atoms with E-state index >= 15 is 0 Å². The second-order valence-electron chi connectivity index (χ2n) is 8.01. The van der Waals surface area contributed by atoms with E-state index in [-0.39, 0.29) is 30.5 Å². The molecule has 1 heterocycles. The zero-order valence-corrected chi connectivity index (χ0v) is 19.9. The summed E-state index contributed by atoms with van der Waals surface area (Å²) in [5.74, 6) is 0.578. The average Bonchev–Trinajstić information content (AvgIpc) is 3.35. The molecular formula is C27H25FN4O4. The summed E-state index contributed by atoms with van der Waals surface area (Å²) in [5.41, 5.74) is 2.79. The van der Waals surface area contributed by atoms with Crippen LogP contribution in [0.4, 0.5) is 15.8 Å². The molecule has 0 saturated heterocycles. The Labute approximate surface area is 207 Å². The number of carbonyl (C=O) groups excluding carboxylic acids is 2. The first-order valence-corrected chi connectivity index (χ1v) is 11.4. The minimum absolute atomic E-state index is 0.129. The molecule has 2 amide bonds. The van der Waals surface area contributed by atoms with Crippen LogP contribution in [0.25, 0.3) is 11.4 Å². The fourth-order valence-electron chi connectivity index (χ4n) is 3.41. The van der Waals surface area contributed by atoms with E-state index in [4.69, 9.17) is 9.26 Å². The summed E-state index contributed by atoms with van der Waals surface area (Å²) >= 11 is 0. The largest absolute Gasteiger partial charge is 0.494 e. The highest BCUT2D eigenvalue weighted by Gasteiger charge is 2.13. The normalized spacial score (nSPS) is 10.6. The Kier molecular flexibility index (Phi) is 7.69. The lowest BCUT2D eigenvalue weighted by Gasteiger charge is -2.08. The van der Waals surface area contributed by atoms with Gasteiger partial charge in [-0.2, -0.15) is 4.98 Å². The van der Waals surface area contributed by atoms with Crippen molar-refractivity contribution in [3.05, 3.63) is 89.6 Å². The molecule has 4 rings (SSSR count). The third-order valence-corrected chi connectivity index (χ3v) is 5.30. The molecule has 2 N–H and O–H groups in total. The van der Waals surface area contributed by atoms with Gasteiger partial charge < -0.3 is 19.9 Å². The summed E-state index contributed by atoms with van der Waals surface area (Å²) in [6.45, 7) is 4.14. The van der Waals surface area contributed by atoms with Gasteiger partial charge in [-0.1, -0.05) is 5.16 Å². The fourth-order valence-corrected chi connectivity index (χ4v) is 3.41. The predicted molar refractivity (Wildman–Crippen MR) is 133 cm³/mol. The van der Waals surface area contributed by atoms with Gasteiger partial charge >= 0.3 is 0 Å². The van der Waals surface area contributed by atoms with Gasteiger partial charge in [0.2, 0.25) is 17.6 Å². The Bertz CT molecular complexity index is 1350. The quantitative estimate of drug-likeness (QED) is 0.326. The van der Waals surface area contributed by atoms with Crippen LogP contribution in [-0.2, 0) is 11.2 Å². The number of aromatic nitrogens is 2. The molecule has 0 radical (unpaired) electrons. The lowest BCUT2D eigenvalue weighted by Crippen LogP contribution is -2.14. The van der Waals surface area contributed by atoms with Crippen molar-refractivity contribution in [3.8, 4) is 17.1 Å². The van der Waals surface area contributed by atoms with Crippen molar-refractivity contribution in [2.75, 3.05) is 17.2 Å². The molecule has 0 spiro atoms. The number of amides is 2. The molecule has 0 fully saturated rings. The number of hydrogen-bond donors (Lipinski definition) is 2. The molecule has 0 aliphatic rings. The zero-order chi connectivity index (χ0) is 25.5. The van der Waals surface area contributed by atoms with Crippen molar-refractivity contribution in [1.29, 1.82) is 0 Å². The smallest absolute Gasteiger partial charge is 0.255 e. The summed E-state index contributed by atoms with van der Waals surface area (Å²) in [7, 11) is 0. The molecule has 0 bridgehead atoms. The lowest BCUT2D eigenvalue weighted by atomic mass is 10.1. The van der Waals surface area contributed by atoms with Gasteiger partial charge in [0, 0.05) is 35.3 Å². The number of rotatable bonds is 9. The highest BCUT2D eigenvalue weighted by molar-refractivity contribution is 6.04. The van der Waals surface area contributed by atoms with E-state index in [9.17, 15) is 14.0 Å². The van der Waals surface area contributed by atoms with Crippen molar-refractivity contribution in [2.24, 2.45) is 0 Å². The van der Waals surface area contributed by atoms with E-state index < -0.39 is 0 Å². The number of nitrogens with one attached hydrogen (secondary N) is 2. The van der Waals surface area contributed by atoms with Crippen LogP contribution in [-0.4, -0.2) is 28.6 Å². The molecule has 8 nitrogen and oxygen atoms in total. The number of hydrogen-bond acceptors (Lipinski definition) is 6. The Hall–Kier alpha value is -4.53. The maximum Gasteiger partial charge on any atom is 0.255 e. The van der Waals surface area contributed by atoms with Crippen LogP contribution in [0.5, 0.6) is 5.75 Å². The standard InChI is InChI=1S/C27H25FN4O4/c1-3-35-22-11-9-21(10-12-22)30-27(34)18-4-7-20(8-5-18)29-24(33)14-15-25-31-26(32-36-25)19-6-13-23(28)17(2)16-19/h4-13,16H,3,14-15H2,1-2H3,(H,29,33)(H,30,34). The van der Waals surface area contributed by atoms with Crippen molar-refractivity contribution in [2.45, 2.75) is 26.7 Å². The van der Waals surface area contributed by atoms with Crippen LogP contribution < -0.4 is 15.4 Å². The SMILES string of the molecule is CCOc1ccc(NC(=O)c2ccc(NC(=O)CCc3nc(-c4ccc(F)c(C)c4)no3)cc2)cc1. The Balaban J connectivity index is 1.27. The van der Waals surface area contributed by atoms with Crippen LogP contribution >= 0.6 is 0 Å². The Morgan fingerprint density at radius 2 is 1.67 bits per heavy atom. The van der Waals surface area contributed by atoms with E-state index in [2.05, 4.69) is 20.8 Å². The van der Waals surface area contributed by atoms with Crippen molar-refractivity contribution in [3.63, 3.8) is 0 Å². The molecular weight excluding hydrogens is 463 g/mol. The highest BCUT2D eigenvalue weighted by Crippen LogP contribution is 2.20. The van der Waals surface area contributed by atoms with Gasteiger partial charge in [-0.15, -0.1) is 0 Å². The summed E-state index contributed by atoms with van der Waals surface area (Å²) in [6, 6.07) is 18.3. The molecule has 9 heteroatoms. The maximum absolute atomic E-state index is 13.5. The second kappa shape index (κ2) is 11.3. The molecule has 4 aromatic rings. The van der Waals surface area contributed by atoms with Gasteiger partial charge in [0.25, 0.3) is 5.91 Å². The minimum Gasteiger partial charge on any atom is -0.494 e. The van der Waals surface area contributed by atoms with E-state index in [1.54, 1.807) is 67.6 Å². The maximum atomic E-state index is 13.5. The Morgan fingerprint density at radius 3 is 2.36 bits per heavy atom. The van der Waals surface area contributed by atoms with Gasteiger partial charge in [0.1, 0.15) is 11.6 Å². The van der Waals surface area contributed by atoms with Crippen LogP contribution in [0.3, 0.4) is 0 Å². The van der Waals surface area contributed by atoms with Gasteiger partial charge in [-0.25, -0.2) is 4.39 Å². The number of nitrogens with zero attached hydrogens (tertiary/aromatic N) is 2. The molecule has 0 unspecified atom stereocenters. The summed E-state index contributed by atoms with van der Waals surface area (Å²) in [4.78, 5) is 29.1. The van der Waals surface area contributed by atoms with Gasteiger partial charge in [0.05, 0.1) is 6.61 Å². The number of carbonyl (C=O) groups is 2. The molecule has 3 aromatic carbocycles. The lowest BCUT2D eigenvalue weighted by molar-refractivity contribution is -0.116. The molecule has 0 aliphatic carbocycles. The molecule has 0 aliphatic heterocycles. The molecule has 184 valence electrons. The number of aryl methyl sites for hydroxylation is 2. The van der Waals surface area contributed by atoms with Crippen LogP contribution in [0.2, 0.25) is 0 Å². The van der Waals surface area contributed by atoms with Gasteiger partial charge in [-0.05, 0) is 86.1 Å². The number of benzene rings is 3. The number of anilines is 2. The third-order valence-electron chi connectivity index (χ3n) is 5.30. The average molecular weight is 489 g/mol. The van der Waals surface area contributed by atoms with Gasteiger partial charge in [-0.3, -0.25) is 9.59 Å². The summed E-state index contributed by atoms with van der Waals surface area (Å²) in [5, 5.41) is 9.51. The monoisotopic (exact) mass is 488 g/mol. The molecule has 0 saturated carbocycles. The molecule has 0 atom stereocenters. The minimum atomic E-state index is -0.305. The van der Waals surface area contributed by atoms with E-state index in [0.717, 1.165) is 5.75 Å².